The lowest BCUT2D eigenvalue weighted by Gasteiger charge is -2.06. The first-order valence-electron chi connectivity index (χ1n) is 3.06. The lowest BCUT2D eigenvalue weighted by Crippen LogP contribution is -2.23. The van der Waals surface area contributed by atoms with Crippen molar-refractivity contribution in [2.75, 3.05) is 18.6 Å². The fraction of sp³-hybridized carbons (Fsp3) is 1.00. The van der Waals surface area contributed by atoms with E-state index in [4.69, 9.17) is 0 Å². The van der Waals surface area contributed by atoms with Crippen molar-refractivity contribution < 1.29 is 0 Å². The molecule has 0 spiro atoms. The van der Waals surface area contributed by atoms with E-state index in [2.05, 4.69) is 19.2 Å². The lowest BCUT2D eigenvalue weighted by molar-refractivity contribution is 0.677. The molecule has 1 nitrogen and oxygen atoms in total. The van der Waals surface area contributed by atoms with Crippen LogP contribution in [0.3, 0.4) is 0 Å². The van der Waals surface area contributed by atoms with Gasteiger partial charge in [-0.15, -0.1) is 0 Å². The van der Waals surface area contributed by atoms with Crippen molar-refractivity contribution in [3.05, 3.63) is 0 Å². The Labute approximate surface area is 56.2 Å². The fourth-order valence-electron chi connectivity index (χ4n) is 0.378. The van der Waals surface area contributed by atoms with Crippen molar-refractivity contribution in [1.82, 2.24) is 5.32 Å². The second-order valence-corrected chi connectivity index (χ2v) is 3.17. The molecule has 1 atom stereocenters. The first kappa shape index (κ1) is 8.31. The van der Waals surface area contributed by atoms with E-state index in [1.54, 1.807) is 0 Å². The molecule has 0 unspecified atom stereocenters. The highest BCUT2D eigenvalue weighted by Crippen LogP contribution is 1.99. The Morgan fingerprint density at radius 3 is 2.62 bits per heavy atom. The molecule has 1 N–H and O–H groups in total. The van der Waals surface area contributed by atoms with Gasteiger partial charge in [0.1, 0.15) is 0 Å². The number of rotatable bonds is 4. The van der Waals surface area contributed by atoms with Gasteiger partial charge in [0.25, 0.3) is 0 Å². The number of hydrogen-bond acceptors (Lipinski definition) is 2. The molecule has 0 aliphatic carbocycles. The van der Waals surface area contributed by atoms with Crippen molar-refractivity contribution in [1.29, 1.82) is 0 Å². The van der Waals surface area contributed by atoms with Crippen LogP contribution in [-0.4, -0.2) is 24.6 Å². The van der Waals surface area contributed by atoms with Gasteiger partial charge in [-0.25, -0.2) is 0 Å². The minimum Gasteiger partial charge on any atom is -0.316 e. The molecule has 0 bridgehead atoms. The van der Waals surface area contributed by atoms with Crippen molar-refractivity contribution in [3.63, 3.8) is 0 Å². The molecular formula is C6H15NS. The highest BCUT2D eigenvalue weighted by Gasteiger charge is 1.93. The minimum absolute atomic E-state index is 0.667. The standard InChI is InChI=1S/C6H15NS/c1-4-8-5-6(2)7-3/h6-7H,4-5H2,1-3H3/t6-/m0/s1. The van der Waals surface area contributed by atoms with Gasteiger partial charge in [-0.05, 0) is 19.7 Å². The van der Waals surface area contributed by atoms with Gasteiger partial charge in [-0.2, -0.15) is 11.8 Å². The van der Waals surface area contributed by atoms with Gasteiger partial charge in [0, 0.05) is 11.8 Å². The maximum atomic E-state index is 3.18. The Hall–Kier alpha value is 0.310. The van der Waals surface area contributed by atoms with Crippen LogP contribution >= 0.6 is 11.8 Å². The lowest BCUT2D eigenvalue weighted by atomic mass is 10.4. The van der Waals surface area contributed by atoms with Crippen LogP contribution in [0.25, 0.3) is 0 Å². The van der Waals surface area contributed by atoms with Crippen molar-refractivity contribution in [3.8, 4) is 0 Å². The highest BCUT2D eigenvalue weighted by atomic mass is 32.2. The van der Waals surface area contributed by atoms with E-state index in [1.165, 1.54) is 11.5 Å². The third-order valence-corrected chi connectivity index (χ3v) is 2.21. The summed E-state index contributed by atoms with van der Waals surface area (Å²) in [5.74, 6) is 2.46. The predicted octanol–water partition coefficient (Wildman–Crippen LogP) is 1.35. The summed E-state index contributed by atoms with van der Waals surface area (Å²) >= 11 is 1.98. The Balaban J connectivity index is 2.86. The van der Waals surface area contributed by atoms with E-state index in [-0.39, 0.29) is 0 Å². The van der Waals surface area contributed by atoms with E-state index in [9.17, 15) is 0 Å². The van der Waals surface area contributed by atoms with Crippen LogP contribution in [0.2, 0.25) is 0 Å². The predicted molar refractivity (Wildman–Crippen MR) is 41.5 cm³/mol. The molecule has 0 aliphatic heterocycles. The zero-order chi connectivity index (χ0) is 6.41. The maximum Gasteiger partial charge on any atom is 0.0126 e. The first-order valence-corrected chi connectivity index (χ1v) is 4.21. The summed E-state index contributed by atoms with van der Waals surface area (Å²) in [4.78, 5) is 0. The van der Waals surface area contributed by atoms with Crippen LogP contribution in [0, 0.1) is 0 Å². The molecule has 0 fully saturated rings. The second-order valence-electron chi connectivity index (χ2n) is 1.85. The third kappa shape index (κ3) is 4.47. The van der Waals surface area contributed by atoms with Gasteiger partial charge >= 0.3 is 0 Å². The summed E-state index contributed by atoms with van der Waals surface area (Å²) in [6.45, 7) is 4.38. The summed E-state index contributed by atoms with van der Waals surface area (Å²) in [5.41, 5.74) is 0. The molecule has 0 saturated heterocycles. The van der Waals surface area contributed by atoms with Crippen molar-refractivity contribution in [2.45, 2.75) is 19.9 Å². The minimum atomic E-state index is 0.667. The topological polar surface area (TPSA) is 12.0 Å². The van der Waals surface area contributed by atoms with Gasteiger partial charge in [-0.1, -0.05) is 6.92 Å². The normalized spacial score (nSPS) is 13.9. The summed E-state index contributed by atoms with van der Waals surface area (Å²) in [6, 6.07) is 0.667. The highest BCUT2D eigenvalue weighted by molar-refractivity contribution is 7.99. The van der Waals surface area contributed by atoms with Gasteiger partial charge in [0.05, 0.1) is 0 Å². The van der Waals surface area contributed by atoms with Crippen molar-refractivity contribution in [2.24, 2.45) is 0 Å². The van der Waals surface area contributed by atoms with Gasteiger partial charge in [0.15, 0.2) is 0 Å². The van der Waals surface area contributed by atoms with E-state index in [0.29, 0.717) is 6.04 Å². The monoisotopic (exact) mass is 133 g/mol. The third-order valence-electron chi connectivity index (χ3n) is 1.06. The zero-order valence-electron chi connectivity index (χ0n) is 5.90. The SMILES string of the molecule is CCSC[C@H](C)NC. The molecule has 0 aromatic heterocycles. The molecule has 0 aromatic rings. The van der Waals surface area contributed by atoms with E-state index < -0.39 is 0 Å². The molecule has 0 amide bonds. The molecular weight excluding hydrogens is 118 g/mol. The van der Waals surface area contributed by atoms with Crippen LogP contribution in [-0.2, 0) is 0 Å². The number of hydrogen-bond donors (Lipinski definition) is 1. The quantitative estimate of drug-likeness (QED) is 0.621. The number of thioether (sulfide) groups is 1. The molecule has 0 rings (SSSR count). The van der Waals surface area contributed by atoms with Crippen LogP contribution in [0.5, 0.6) is 0 Å². The Morgan fingerprint density at radius 1 is 1.62 bits per heavy atom. The van der Waals surface area contributed by atoms with E-state index >= 15 is 0 Å². The van der Waals surface area contributed by atoms with Gasteiger partial charge < -0.3 is 5.32 Å². The van der Waals surface area contributed by atoms with Crippen LogP contribution in [0.4, 0.5) is 0 Å². The second kappa shape index (κ2) is 5.45. The van der Waals surface area contributed by atoms with Crippen molar-refractivity contribution >= 4 is 11.8 Å². The summed E-state index contributed by atoms with van der Waals surface area (Å²) in [6.07, 6.45) is 0. The summed E-state index contributed by atoms with van der Waals surface area (Å²) < 4.78 is 0. The number of nitrogens with one attached hydrogen (secondary N) is 1. The Kier molecular flexibility index (Phi) is 5.66. The largest absolute Gasteiger partial charge is 0.316 e. The average Bonchev–Trinajstić information content (AvgIpc) is 1.83. The molecule has 0 heterocycles. The van der Waals surface area contributed by atoms with Crippen LogP contribution in [0.1, 0.15) is 13.8 Å². The zero-order valence-corrected chi connectivity index (χ0v) is 6.72. The van der Waals surface area contributed by atoms with E-state index in [0.717, 1.165) is 0 Å². The fourth-order valence-corrected chi connectivity index (χ4v) is 1.13. The molecule has 2 heteroatoms. The summed E-state index contributed by atoms with van der Waals surface area (Å²) in [7, 11) is 2.00. The molecule has 8 heavy (non-hydrogen) atoms. The van der Waals surface area contributed by atoms with Crippen LogP contribution in [0.15, 0.2) is 0 Å². The molecule has 50 valence electrons. The average molecular weight is 133 g/mol. The molecule has 0 aliphatic rings. The maximum absolute atomic E-state index is 3.18. The Morgan fingerprint density at radius 2 is 2.25 bits per heavy atom. The van der Waals surface area contributed by atoms with Crippen LogP contribution < -0.4 is 5.32 Å². The van der Waals surface area contributed by atoms with E-state index in [1.807, 2.05) is 18.8 Å². The molecule has 0 aromatic carbocycles. The van der Waals surface area contributed by atoms with Gasteiger partial charge in [-0.3, -0.25) is 0 Å². The molecule has 0 saturated carbocycles. The van der Waals surface area contributed by atoms with Gasteiger partial charge in [0.2, 0.25) is 0 Å². The first-order chi connectivity index (χ1) is 3.81. The smallest absolute Gasteiger partial charge is 0.0126 e. The summed E-state index contributed by atoms with van der Waals surface area (Å²) in [5, 5.41) is 3.18. The molecule has 0 radical (unpaired) electrons. The Bertz CT molecular complexity index is 47.8.